The molecule has 1 aliphatic heterocycles. The third kappa shape index (κ3) is 3.06. The first-order chi connectivity index (χ1) is 10.6. The van der Waals surface area contributed by atoms with Gasteiger partial charge in [0.2, 0.25) is 0 Å². The highest BCUT2D eigenvalue weighted by molar-refractivity contribution is 7.12. The predicted octanol–water partition coefficient (Wildman–Crippen LogP) is 1.35. The van der Waals surface area contributed by atoms with Crippen molar-refractivity contribution < 1.29 is 14.6 Å². The van der Waals surface area contributed by atoms with E-state index in [0.717, 1.165) is 49.6 Å². The Bertz CT molecular complexity index is 527. The number of morpholine rings is 1. The van der Waals surface area contributed by atoms with Gasteiger partial charge < -0.3 is 14.7 Å². The van der Waals surface area contributed by atoms with Crippen LogP contribution in [-0.2, 0) is 4.74 Å². The minimum absolute atomic E-state index is 0.0183. The lowest BCUT2D eigenvalue weighted by molar-refractivity contribution is -0.0231. The van der Waals surface area contributed by atoms with Gasteiger partial charge >= 0.3 is 0 Å². The number of aryl methyl sites for hydroxylation is 1. The molecule has 0 aromatic carbocycles. The van der Waals surface area contributed by atoms with Crippen molar-refractivity contribution in [3.05, 3.63) is 21.9 Å². The molecule has 0 spiro atoms. The van der Waals surface area contributed by atoms with Crippen molar-refractivity contribution >= 4 is 17.2 Å². The molecule has 1 aliphatic carbocycles. The number of hydrogen-bond acceptors (Lipinski definition) is 5. The summed E-state index contributed by atoms with van der Waals surface area (Å²) >= 11 is 1.48. The van der Waals surface area contributed by atoms with E-state index in [-0.39, 0.29) is 18.0 Å². The molecular weight excluding hydrogens is 300 g/mol. The molecule has 0 bridgehead atoms. The molecule has 0 radical (unpaired) electrons. The largest absolute Gasteiger partial charge is 0.389 e. The molecule has 22 heavy (non-hydrogen) atoms. The van der Waals surface area contributed by atoms with Crippen molar-refractivity contribution in [3.63, 3.8) is 0 Å². The van der Waals surface area contributed by atoms with Crippen molar-refractivity contribution in [2.45, 2.75) is 38.0 Å². The number of rotatable bonds is 3. The summed E-state index contributed by atoms with van der Waals surface area (Å²) in [5.74, 6) is 0.0183. The van der Waals surface area contributed by atoms with Gasteiger partial charge in [0, 0.05) is 26.2 Å². The summed E-state index contributed by atoms with van der Waals surface area (Å²) < 4.78 is 5.38. The maximum atomic E-state index is 12.6. The molecule has 2 aliphatic rings. The highest BCUT2D eigenvalue weighted by Gasteiger charge is 2.41. The smallest absolute Gasteiger partial charge is 0.264 e. The molecule has 2 fully saturated rings. The fraction of sp³-hybridized carbons (Fsp3) is 0.688. The Hall–Kier alpha value is -0.950. The minimum atomic E-state index is -0.479. The van der Waals surface area contributed by atoms with E-state index in [0.29, 0.717) is 0 Å². The van der Waals surface area contributed by atoms with Gasteiger partial charge in [0.25, 0.3) is 5.91 Å². The zero-order chi connectivity index (χ0) is 15.7. The van der Waals surface area contributed by atoms with Crippen LogP contribution in [0.2, 0.25) is 0 Å². The molecule has 122 valence electrons. The maximum absolute atomic E-state index is 12.6. The quantitative estimate of drug-likeness (QED) is 0.912. The molecule has 1 amide bonds. The second kappa shape index (κ2) is 6.66. The van der Waals surface area contributed by atoms with Crippen molar-refractivity contribution in [2.75, 3.05) is 33.4 Å². The standard InChI is InChI=1S/C16H24N2O3S/c1-11-9-14(22-10-11)16(20)17(2)12-3-4-13(15(12)19)18-5-7-21-8-6-18/h9-10,12-13,15,19H,3-8H2,1-2H3/t12-,13-,15-/m1/s1. The molecule has 1 saturated carbocycles. The van der Waals surface area contributed by atoms with Crippen LogP contribution in [0.15, 0.2) is 11.4 Å². The molecule has 2 heterocycles. The number of aliphatic hydroxyl groups is 1. The number of carbonyl (C=O) groups is 1. The van der Waals surface area contributed by atoms with Crippen LogP contribution in [0.5, 0.6) is 0 Å². The monoisotopic (exact) mass is 324 g/mol. The van der Waals surface area contributed by atoms with Crippen molar-refractivity contribution in [1.82, 2.24) is 9.80 Å². The van der Waals surface area contributed by atoms with Gasteiger partial charge in [0.05, 0.1) is 30.2 Å². The number of likely N-dealkylation sites (N-methyl/N-ethyl adjacent to an activating group) is 1. The van der Waals surface area contributed by atoms with Crippen LogP contribution in [0.25, 0.3) is 0 Å². The SMILES string of the molecule is Cc1csc(C(=O)N(C)[C@@H]2CC[C@@H](N3CCOCC3)[C@@H]2O)c1. The fourth-order valence-corrected chi connectivity index (χ4v) is 4.42. The molecule has 1 aromatic rings. The molecule has 0 unspecified atom stereocenters. The summed E-state index contributed by atoms with van der Waals surface area (Å²) in [6, 6.07) is 1.97. The number of carbonyl (C=O) groups excluding carboxylic acids is 1. The Labute approximate surface area is 135 Å². The average molecular weight is 324 g/mol. The number of amides is 1. The molecule has 3 rings (SSSR count). The van der Waals surface area contributed by atoms with Gasteiger partial charge in [-0.05, 0) is 36.8 Å². The van der Waals surface area contributed by atoms with Crippen LogP contribution in [0.1, 0.15) is 28.1 Å². The third-order valence-corrected chi connectivity index (χ3v) is 5.86. The van der Waals surface area contributed by atoms with Crippen LogP contribution in [0, 0.1) is 6.92 Å². The van der Waals surface area contributed by atoms with E-state index in [1.165, 1.54) is 11.3 Å². The summed E-state index contributed by atoms with van der Waals surface area (Å²) in [7, 11) is 1.81. The molecule has 1 saturated heterocycles. The van der Waals surface area contributed by atoms with Gasteiger partial charge in [0.15, 0.2) is 0 Å². The molecule has 1 aromatic heterocycles. The maximum Gasteiger partial charge on any atom is 0.264 e. The second-order valence-corrected chi connectivity index (χ2v) is 7.17. The number of aliphatic hydroxyl groups excluding tert-OH is 1. The Morgan fingerprint density at radius 2 is 2.14 bits per heavy atom. The zero-order valence-electron chi connectivity index (χ0n) is 13.2. The van der Waals surface area contributed by atoms with E-state index in [9.17, 15) is 9.90 Å². The zero-order valence-corrected chi connectivity index (χ0v) is 14.0. The van der Waals surface area contributed by atoms with Crippen molar-refractivity contribution in [2.24, 2.45) is 0 Å². The van der Waals surface area contributed by atoms with Gasteiger partial charge in [-0.2, -0.15) is 0 Å². The summed E-state index contributed by atoms with van der Waals surface area (Å²) in [6.07, 6.45) is 1.32. The second-order valence-electron chi connectivity index (χ2n) is 6.26. The van der Waals surface area contributed by atoms with Crippen molar-refractivity contribution in [3.8, 4) is 0 Å². The van der Waals surface area contributed by atoms with Crippen molar-refractivity contribution in [1.29, 1.82) is 0 Å². The lowest BCUT2D eigenvalue weighted by Crippen LogP contribution is -2.51. The summed E-state index contributed by atoms with van der Waals surface area (Å²) in [4.78, 5) is 17.4. The van der Waals surface area contributed by atoms with Gasteiger partial charge in [0.1, 0.15) is 0 Å². The van der Waals surface area contributed by atoms with E-state index in [1.807, 2.05) is 25.4 Å². The summed E-state index contributed by atoms with van der Waals surface area (Å²) in [6.45, 7) is 5.20. The highest BCUT2D eigenvalue weighted by atomic mass is 32.1. The van der Waals surface area contributed by atoms with E-state index >= 15 is 0 Å². The van der Waals surface area contributed by atoms with Gasteiger partial charge in [-0.1, -0.05) is 0 Å². The Morgan fingerprint density at radius 1 is 1.41 bits per heavy atom. The Morgan fingerprint density at radius 3 is 2.77 bits per heavy atom. The Balaban J connectivity index is 1.66. The topological polar surface area (TPSA) is 53.0 Å². The number of thiophene rings is 1. The predicted molar refractivity (Wildman–Crippen MR) is 86.4 cm³/mol. The highest BCUT2D eigenvalue weighted by Crippen LogP contribution is 2.30. The first kappa shape index (κ1) is 15.9. The van der Waals surface area contributed by atoms with Gasteiger partial charge in [-0.25, -0.2) is 0 Å². The number of nitrogens with zero attached hydrogens (tertiary/aromatic N) is 2. The van der Waals surface area contributed by atoms with Gasteiger partial charge in [-0.15, -0.1) is 11.3 Å². The molecular formula is C16H24N2O3S. The normalized spacial score (nSPS) is 29.7. The van der Waals surface area contributed by atoms with E-state index in [2.05, 4.69) is 4.90 Å². The fourth-order valence-electron chi connectivity index (χ4n) is 3.54. The first-order valence-corrected chi connectivity index (χ1v) is 8.78. The van der Waals surface area contributed by atoms with Crippen LogP contribution in [0.3, 0.4) is 0 Å². The first-order valence-electron chi connectivity index (χ1n) is 7.90. The molecule has 6 heteroatoms. The molecule has 5 nitrogen and oxygen atoms in total. The molecule has 1 N–H and O–H groups in total. The lowest BCUT2D eigenvalue weighted by atomic mass is 10.1. The van der Waals surface area contributed by atoms with Crippen LogP contribution < -0.4 is 0 Å². The minimum Gasteiger partial charge on any atom is -0.389 e. The lowest BCUT2D eigenvalue weighted by Gasteiger charge is -2.36. The van der Waals surface area contributed by atoms with Crippen LogP contribution in [-0.4, -0.2) is 72.4 Å². The summed E-state index contributed by atoms with van der Waals surface area (Å²) in [5.41, 5.74) is 1.11. The van der Waals surface area contributed by atoms with E-state index in [1.54, 1.807) is 4.90 Å². The number of hydrogen-bond donors (Lipinski definition) is 1. The Kier molecular flexibility index (Phi) is 4.82. The van der Waals surface area contributed by atoms with E-state index in [4.69, 9.17) is 4.74 Å². The number of ether oxygens (including phenoxy) is 1. The average Bonchev–Trinajstić information content (AvgIpc) is 3.13. The van der Waals surface area contributed by atoms with Crippen LogP contribution in [0.4, 0.5) is 0 Å². The van der Waals surface area contributed by atoms with Gasteiger partial charge in [-0.3, -0.25) is 9.69 Å². The molecule has 3 atom stereocenters. The third-order valence-electron chi connectivity index (χ3n) is 4.82. The van der Waals surface area contributed by atoms with Crippen LogP contribution >= 0.6 is 11.3 Å². The van der Waals surface area contributed by atoms with E-state index < -0.39 is 6.10 Å². The summed E-state index contributed by atoms with van der Waals surface area (Å²) in [5, 5.41) is 12.7.